The summed E-state index contributed by atoms with van der Waals surface area (Å²) in [5.41, 5.74) is 4.87. The zero-order chi connectivity index (χ0) is 19.9. The number of hydrogen-bond acceptors (Lipinski definition) is 5. The molecule has 144 valence electrons. The second kappa shape index (κ2) is 6.62. The molecule has 2 rings (SSSR count). The number of halogens is 1. The summed E-state index contributed by atoms with van der Waals surface area (Å²) < 4.78 is 31.3. The van der Waals surface area contributed by atoms with Crippen LogP contribution in [-0.2, 0) is 20.3 Å². The van der Waals surface area contributed by atoms with E-state index in [4.69, 9.17) is 22.1 Å². The van der Waals surface area contributed by atoms with Gasteiger partial charge < -0.3 is 15.8 Å². The molecule has 1 aromatic carbocycles. The standard InChI is InChI=1S/C16H23ClN4O4S/c1-15(2,3)25-14(22)19-13-20-16(4,9-26(23,24)21(13)5)11-8-10(18)6-7-12(11)17/h6-8H,9,18H2,1-5H3,(H,19,20,22)/t16-/m0/s1. The number of benzene rings is 1. The summed E-state index contributed by atoms with van der Waals surface area (Å²) in [4.78, 5) is 15.8. The van der Waals surface area contributed by atoms with Gasteiger partial charge in [-0.15, -0.1) is 4.99 Å². The number of hydrogen-bond donors (Lipinski definition) is 2. The third-order valence-corrected chi connectivity index (χ3v) is 6.03. The van der Waals surface area contributed by atoms with Crippen molar-refractivity contribution in [2.75, 3.05) is 18.5 Å². The minimum atomic E-state index is -3.75. The van der Waals surface area contributed by atoms with Crippen molar-refractivity contribution in [3.8, 4) is 0 Å². The summed E-state index contributed by atoms with van der Waals surface area (Å²) in [6, 6.07) is 4.81. The van der Waals surface area contributed by atoms with E-state index in [1.165, 1.54) is 7.05 Å². The Hall–Kier alpha value is -2.00. The minimum Gasteiger partial charge on any atom is -0.442 e. The number of sulfonamides is 1. The Labute approximate surface area is 158 Å². The van der Waals surface area contributed by atoms with Gasteiger partial charge in [0.05, 0.1) is 11.3 Å². The van der Waals surface area contributed by atoms with Crippen molar-refractivity contribution in [2.45, 2.75) is 38.8 Å². The van der Waals surface area contributed by atoms with Crippen LogP contribution in [-0.4, -0.2) is 43.2 Å². The van der Waals surface area contributed by atoms with Gasteiger partial charge in [-0.05, 0) is 51.5 Å². The molecule has 1 aliphatic heterocycles. The van der Waals surface area contributed by atoms with Crippen molar-refractivity contribution in [2.24, 2.45) is 4.99 Å². The molecule has 0 aromatic heterocycles. The second-order valence-corrected chi connectivity index (χ2v) is 9.74. The summed E-state index contributed by atoms with van der Waals surface area (Å²) >= 11 is 6.25. The summed E-state index contributed by atoms with van der Waals surface area (Å²) in [5, 5.41) is 3.34. The predicted octanol–water partition coefficient (Wildman–Crippen LogP) is 2.29. The fourth-order valence-electron chi connectivity index (χ4n) is 2.54. The average Bonchev–Trinajstić information content (AvgIpc) is 2.44. The number of nitrogens with two attached hydrogens (primary N) is 1. The Morgan fingerprint density at radius 1 is 1.42 bits per heavy atom. The van der Waals surface area contributed by atoms with Crippen molar-refractivity contribution in [3.63, 3.8) is 0 Å². The van der Waals surface area contributed by atoms with Crippen LogP contribution in [0.1, 0.15) is 33.3 Å². The van der Waals surface area contributed by atoms with E-state index in [1.54, 1.807) is 45.9 Å². The number of nitrogen functional groups attached to an aromatic ring is 1. The third kappa shape index (κ3) is 4.39. The molecule has 1 atom stereocenters. The number of guanidine groups is 1. The van der Waals surface area contributed by atoms with Gasteiger partial charge in [0.15, 0.2) is 0 Å². The van der Waals surface area contributed by atoms with Crippen LogP contribution in [0.2, 0.25) is 5.02 Å². The van der Waals surface area contributed by atoms with Gasteiger partial charge in [0.25, 0.3) is 0 Å². The zero-order valence-corrected chi connectivity index (χ0v) is 16.9. The molecule has 10 heteroatoms. The molecule has 1 heterocycles. The van der Waals surface area contributed by atoms with E-state index in [2.05, 4.69) is 10.3 Å². The number of carbonyl (C=O) groups excluding carboxylic acids is 1. The maximum absolute atomic E-state index is 12.6. The van der Waals surface area contributed by atoms with Crippen molar-refractivity contribution in [3.05, 3.63) is 28.8 Å². The van der Waals surface area contributed by atoms with Crippen molar-refractivity contribution in [1.29, 1.82) is 0 Å². The maximum atomic E-state index is 12.6. The Bertz CT molecular complexity index is 863. The van der Waals surface area contributed by atoms with Gasteiger partial charge in [-0.25, -0.2) is 17.5 Å². The number of carbonyl (C=O) groups is 1. The molecule has 26 heavy (non-hydrogen) atoms. The van der Waals surface area contributed by atoms with Gasteiger partial charge in [-0.2, -0.15) is 0 Å². The van der Waals surface area contributed by atoms with Crippen LogP contribution < -0.4 is 11.1 Å². The summed E-state index contributed by atoms with van der Waals surface area (Å²) in [6.07, 6.45) is -0.898. The van der Waals surface area contributed by atoms with Crippen molar-refractivity contribution in [1.82, 2.24) is 9.62 Å². The largest absolute Gasteiger partial charge is 0.442 e. The van der Waals surface area contributed by atoms with Crippen LogP contribution in [0.5, 0.6) is 0 Å². The fraction of sp³-hybridized carbons (Fsp3) is 0.500. The lowest BCUT2D eigenvalue weighted by Gasteiger charge is -2.41. The molecule has 0 spiro atoms. The van der Waals surface area contributed by atoms with Gasteiger partial charge in [0.2, 0.25) is 16.0 Å². The molecule has 0 radical (unpaired) electrons. The van der Waals surface area contributed by atoms with Gasteiger partial charge in [-0.3, -0.25) is 0 Å². The monoisotopic (exact) mass is 402 g/mol. The van der Waals surface area contributed by atoms with Gasteiger partial charge in [-0.1, -0.05) is 11.6 Å². The Balaban J connectivity index is 2.49. The highest BCUT2D eigenvalue weighted by atomic mass is 35.5. The predicted molar refractivity (Wildman–Crippen MR) is 102 cm³/mol. The number of aliphatic imine (C=N–C) groups is 1. The third-order valence-electron chi connectivity index (χ3n) is 3.75. The number of nitrogens with one attached hydrogen (secondary N) is 1. The quantitative estimate of drug-likeness (QED) is 0.696. The number of anilines is 1. The minimum absolute atomic E-state index is 0.147. The molecule has 1 amide bonds. The SMILES string of the molecule is CN1/C(=N\C(=O)OC(C)(C)C)N[C@](C)(c2cc(N)ccc2Cl)CS1(=O)=O. The van der Waals surface area contributed by atoms with Crippen LogP contribution in [0.3, 0.4) is 0 Å². The van der Waals surface area contributed by atoms with E-state index in [0.29, 0.717) is 16.3 Å². The lowest BCUT2D eigenvalue weighted by Crippen LogP contribution is -2.61. The van der Waals surface area contributed by atoms with Crippen LogP contribution in [0, 0.1) is 0 Å². The van der Waals surface area contributed by atoms with Crippen LogP contribution >= 0.6 is 11.6 Å². The molecular formula is C16H23ClN4O4S. The molecule has 1 aromatic rings. The normalized spacial score (nSPS) is 24.2. The molecule has 1 saturated heterocycles. The first kappa shape index (κ1) is 20.3. The number of rotatable bonds is 1. The summed E-state index contributed by atoms with van der Waals surface area (Å²) in [6.45, 7) is 6.73. The van der Waals surface area contributed by atoms with E-state index in [1.807, 2.05) is 0 Å². The second-order valence-electron chi connectivity index (χ2n) is 7.34. The smallest absolute Gasteiger partial charge is 0.437 e. The number of amides is 1. The Morgan fingerprint density at radius 3 is 2.62 bits per heavy atom. The molecule has 1 fully saturated rings. The lowest BCUT2D eigenvalue weighted by atomic mass is 9.93. The van der Waals surface area contributed by atoms with Gasteiger partial charge >= 0.3 is 6.09 Å². The maximum Gasteiger partial charge on any atom is 0.437 e. The molecule has 0 unspecified atom stereocenters. The van der Waals surface area contributed by atoms with Crippen LogP contribution in [0.15, 0.2) is 23.2 Å². The van der Waals surface area contributed by atoms with Crippen molar-refractivity contribution < 1.29 is 17.9 Å². The van der Waals surface area contributed by atoms with E-state index in [0.717, 1.165) is 4.31 Å². The Kier molecular flexibility index (Phi) is 5.17. The highest BCUT2D eigenvalue weighted by Crippen LogP contribution is 2.34. The highest BCUT2D eigenvalue weighted by Gasteiger charge is 2.44. The van der Waals surface area contributed by atoms with E-state index in [-0.39, 0.29) is 11.7 Å². The topological polar surface area (TPSA) is 114 Å². The van der Waals surface area contributed by atoms with E-state index >= 15 is 0 Å². The first-order valence-corrected chi connectivity index (χ1v) is 9.84. The number of nitrogens with zero attached hydrogens (tertiary/aromatic N) is 2. The molecule has 0 aliphatic carbocycles. The summed E-state index contributed by atoms with van der Waals surface area (Å²) in [5.74, 6) is -0.431. The summed E-state index contributed by atoms with van der Waals surface area (Å²) in [7, 11) is -2.44. The molecule has 8 nitrogen and oxygen atoms in total. The lowest BCUT2D eigenvalue weighted by molar-refractivity contribution is 0.0602. The highest BCUT2D eigenvalue weighted by molar-refractivity contribution is 7.89. The zero-order valence-electron chi connectivity index (χ0n) is 15.3. The first-order valence-electron chi connectivity index (χ1n) is 7.85. The molecule has 3 N–H and O–H groups in total. The van der Waals surface area contributed by atoms with Crippen LogP contribution in [0.4, 0.5) is 10.5 Å². The molecular weight excluding hydrogens is 380 g/mol. The van der Waals surface area contributed by atoms with Crippen molar-refractivity contribution >= 4 is 39.4 Å². The van der Waals surface area contributed by atoms with E-state index in [9.17, 15) is 13.2 Å². The van der Waals surface area contributed by atoms with Gasteiger partial charge in [0.1, 0.15) is 5.60 Å². The fourth-order valence-corrected chi connectivity index (χ4v) is 4.36. The average molecular weight is 403 g/mol. The number of ether oxygens (including phenoxy) is 1. The van der Waals surface area contributed by atoms with Gasteiger partial charge in [0, 0.05) is 17.8 Å². The Morgan fingerprint density at radius 2 is 2.04 bits per heavy atom. The molecule has 0 bridgehead atoms. The van der Waals surface area contributed by atoms with E-state index < -0.39 is 27.3 Å². The molecule has 0 saturated carbocycles. The first-order chi connectivity index (χ1) is 11.7. The van der Waals surface area contributed by atoms with Crippen LogP contribution in [0.25, 0.3) is 0 Å². The molecule has 1 aliphatic rings.